The number of carbonyl (C=O) groups excluding carboxylic acids is 1. The zero-order valence-corrected chi connectivity index (χ0v) is 19.6. The number of nitrogens with one attached hydrogen (secondary N) is 2. The lowest BCUT2D eigenvalue weighted by Crippen LogP contribution is -2.41. The van der Waals surface area contributed by atoms with Crippen molar-refractivity contribution in [3.63, 3.8) is 0 Å². The Morgan fingerprint density at radius 1 is 1.17 bits per heavy atom. The van der Waals surface area contributed by atoms with Crippen molar-refractivity contribution in [1.29, 1.82) is 0 Å². The second-order valence-corrected chi connectivity index (χ2v) is 9.64. The van der Waals surface area contributed by atoms with Crippen LogP contribution in [0.5, 0.6) is 0 Å². The van der Waals surface area contributed by atoms with E-state index in [1.807, 2.05) is 4.57 Å². The first kappa shape index (κ1) is 23.4. The number of amides is 1. The minimum Gasteiger partial charge on any atom is -0.381 e. The summed E-state index contributed by atoms with van der Waals surface area (Å²) >= 11 is 0. The van der Waals surface area contributed by atoms with Gasteiger partial charge in [0.15, 0.2) is 17.3 Å². The molecule has 1 saturated heterocycles. The second-order valence-electron chi connectivity index (χ2n) is 9.64. The average Bonchev–Trinajstić information content (AvgIpc) is 3.19. The van der Waals surface area contributed by atoms with Gasteiger partial charge in [-0.15, -0.1) is 0 Å². The van der Waals surface area contributed by atoms with E-state index in [-0.39, 0.29) is 29.1 Å². The fraction of sp³-hybridized carbons (Fsp3) is 0.500. The third-order valence-corrected chi connectivity index (χ3v) is 7.10. The highest BCUT2D eigenvalue weighted by atomic mass is 19.2. The van der Waals surface area contributed by atoms with Gasteiger partial charge in [0, 0.05) is 30.7 Å². The molecule has 0 radical (unpaired) electrons. The van der Waals surface area contributed by atoms with E-state index in [9.17, 15) is 13.6 Å². The Kier molecular flexibility index (Phi) is 6.26. The molecule has 1 aliphatic carbocycles. The molecule has 2 aliphatic rings. The fourth-order valence-corrected chi connectivity index (χ4v) is 4.94. The molecule has 0 unspecified atom stereocenters. The van der Waals surface area contributed by atoms with E-state index in [1.165, 1.54) is 12.1 Å². The Labute approximate surface area is 201 Å². The predicted octanol–water partition coefficient (Wildman–Crippen LogP) is 4.05. The molecule has 3 heterocycles. The zero-order valence-electron chi connectivity index (χ0n) is 19.6. The lowest BCUT2D eigenvalue weighted by atomic mass is 9.85. The van der Waals surface area contributed by atoms with Gasteiger partial charge in [0.25, 0.3) is 0 Å². The van der Waals surface area contributed by atoms with E-state index in [0.29, 0.717) is 62.0 Å². The zero-order chi connectivity index (χ0) is 24.6. The number of fused-ring (bicyclic) bond motifs is 1. The Hall–Kier alpha value is -3.34. The summed E-state index contributed by atoms with van der Waals surface area (Å²) in [5, 5.41) is 6.39. The summed E-state index contributed by atoms with van der Waals surface area (Å²) in [5.74, 6) is -1.58. The minimum atomic E-state index is -0.982. The number of nitrogens with zero attached hydrogens (tertiary/aromatic N) is 4. The minimum absolute atomic E-state index is 0.0200. The normalized spacial score (nSPS) is 22.1. The van der Waals surface area contributed by atoms with Crippen molar-refractivity contribution in [2.45, 2.75) is 57.0 Å². The van der Waals surface area contributed by atoms with Gasteiger partial charge in [-0.05, 0) is 57.6 Å². The van der Waals surface area contributed by atoms with Crippen molar-refractivity contribution in [2.24, 2.45) is 11.7 Å². The molecule has 186 valence electrons. The van der Waals surface area contributed by atoms with Crippen LogP contribution in [0, 0.1) is 17.6 Å². The van der Waals surface area contributed by atoms with Crippen molar-refractivity contribution in [3.05, 3.63) is 36.0 Å². The van der Waals surface area contributed by atoms with Crippen molar-refractivity contribution in [1.82, 2.24) is 19.5 Å². The average molecular weight is 486 g/mol. The van der Waals surface area contributed by atoms with Crippen LogP contribution in [0.1, 0.15) is 51.5 Å². The first-order chi connectivity index (χ1) is 16.8. The summed E-state index contributed by atoms with van der Waals surface area (Å²) in [7, 11) is 0. The molecule has 4 N–H and O–H groups in total. The van der Waals surface area contributed by atoms with Crippen LogP contribution in [0.25, 0.3) is 11.2 Å². The van der Waals surface area contributed by atoms with Crippen LogP contribution < -0.4 is 16.4 Å². The van der Waals surface area contributed by atoms with Crippen LogP contribution in [0.15, 0.2) is 24.4 Å². The number of primary amides is 1. The SMILES string of the molecule is CC1(Nc2ncc3nc(Nc4cccc(F)c4F)n([C@H]4CC[C@H](C(N)=O)CC4)c3n2)CCOCC1. The maximum absolute atomic E-state index is 14.4. The molecule has 0 atom stereocenters. The summed E-state index contributed by atoms with van der Waals surface area (Å²) in [5.41, 5.74) is 6.42. The van der Waals surface area contributed by atoms with Crippen LogP contribution in [-0.4, -0.2) is 44.2 Å². The van der Waals surface area contributed by atoms with Crippen molar-refractivity contribution in [3.8, 4) is 0 Å². The Balaban J connectivity index is 1.52. The van der Waals surface area contributed by atoms with E-state index >= 15 is 0 Å². The molecule has 5 rings (SSSR count). The Morgan fingerprint density at radius 2 is 1.91 bits per heavy atom. The van der Waals surface area contributed by atoms with Crippen LogP contribution in [0.2, 0.25) is 0 Å². The molecule has 9 nitrogen and oxygen atoms in total. The first-order valence-electron chi connectivity index (χ1n) is 11.9. The van der Waals surface area contributed by atoms with Gasteiger partial charge in [-0.2, -0.15) is 4.98 Å². The number of anilines is 3. The molecule has 1 aromatic carbocycles. The van der Waals surface area contributed by atoms with Crippen LogP contribution >= 0.6 is 0 Å². The Morgan fingerprint density at radius 3 is 2.63 bits per heavy atom. The lowest BCUT2D eigenvalue weighted by Gasteiger charge is -2.34. The number of rotatable bonds is 6. The molecule has 1 saturated carbocycles. The summed E-state index contributed by atoms with van der Waals surface area (Å²) in [6.07, 6.45) is 5.94. The fourth-order valence-electron chi connectivity index (χ4n) is 4.94. The van der Waals surface area contributed by atoms with Gasteiger partial charge < -0.3 is 21.1 Å². The summed E-state index contributed by atoms with van der Waals surface area (Å²) in [6.45, 7) is 3.45. The van der Waals surface area contributed by atoms with E-state index < -0.39 is 11.6 Å². The van der Waals surface area contributed by atoms with Crippen molar-refractivity contribution >= 4 is 34.7 Å². The number of nitrogens with two attached hydrogens (primary N) is 1. The standard InChI is InChI=1S/C24H29F2N7O2/c1-24(9-11-35-12-10-24)32-22-28-13-18-21(31-22)33(15-7-5-14(6-8-15)20(27)34)23(30-18)29-17-4-2-3-16(25)19(17)26/h2-4,13-15H,5-12H2,1H3,(H2,27,34)(H,29,30)(H,28,31,32)/t14-,15-. The van der Waals surface area contributed by atoms with Crippen molar-refractivity contribution in [2.75, 3.05) is 23.8 Å². The third kappa shape index (κ3) is 4.77. The van der Waals surface area contributed by atoms with Gasteiger partial charge >= 0.3 is 0 Å². The molecule has 2 fully saturated rings. The lowest BCUT2D eigenvalue weighted by molar-refractivity contribution is -0.122. The molecule has 35 heavy (non-hydrogen) atoms. The number of benzene rings is 1. The molecular weight excluding hydrogens is 456 g/mol. The monoisotopic (exact) mass is 485 g/mol. The summed E-state index contributed by atoms with van der Waals surface area (Å²) < 4.78 is 35.7. The number of hydrogen-bond donors (Lipinski definition) is 3. The van der Waals surface area contributed by atoms with Crippen LogP contribution in [0.4, 0.5) is 26.4 Å². The highest BCUT2D eigenvalue weighted by Gasteiger charge is 2.31. The highest BCUT2D eigenvalue weighted by Crippen LogP contribution is 2.37. The number of carbonyl (C=O) groups is 1. The van der Waals surface area contributed by atoms with Crippen molar-refractivity contribution < 1.29 is 18.3 Å². The molecule has 11 heteroatoms. The number of ether oxygens (including phenoxy) is 1. The molecule has 1 amide bonds. The number of halogens is 2. The maximum Gasteiger partial charge on any atom is 0.225 e. The summed E-state index contributed by atoms with van der Waals surface area (Å²) in [6, 6.07) is 3.91. The number of hydrogen-bond acceptors (Lipinski definition) is 7. The summed E-state index contributed by atoms with van der Waals surface area (Å²) in [4.78, 5) is 25.5. The van der Waals surface area contributed by atoms with Gasteiger partial charge in [0.1, 0.15) is 5.52 Å². The largest absolute Gasteiger partial charge is 0.381 e. The predicted molar refractivity (Wildman–Crippen MR) is 127 cm³/mol. The second kappa shape index (κ2) is 9.37. The van der Waals surface area contributed by atoms with E-state index in [1.54, 1.807) is 6.20 Å². The van der Waals surface area contributed by atoms with Crippen LogP contribution in [-0.2, 0) is 9.53 Å². The molecule has 0 spiro atoms. The van der Waals surface area contributed by atoms with Gasteiger partial charge in [0.05, 0.1) is 11.9 Å². The van der Waals surface area contributed by atoms with Gasteiger partial charge in [-0.25, -0.2) is 18.7 Å². The molecular formula is C24H29F2N7O2. The molecule has 0 bridgehead atoms. The molecule has 2 aromatic heterocycles. The van der Waals surface area contributed by atoms with E-state index in [2.05, 4.69) is 27.5 Å². The van der Waals surface area contributed by atoms with Gasteiger partial charge in [-0.1, -0.05) is 6.07 Å². The number of aromatic nitrogens is 4. The van der Waals surface area contributed by atoms with Crippen LogP contribution in [0.3, 0.4) is 0 Å². The van der Waals surface area contributed by atoms with E-state index in [4.69, 9.17) is 15.5 Å². The smallest absolute Gasteiger partial charge is 0.225 e. The third-order valence-electron chi connectivity index (χ3n) is 7.10. The molecule has 1 aliphatic heterocycles. The Bertz CT molecular complexity index is 1230. The molecule has 3 aromatic rings. The topological polar surface area (TPSA) is 120 Å². The van der Waals surface area contributed by atoms with Gasteiger partial charge in [0.2, 0.25) is 17.8 Å². The first-order valence-corrected chi connectivity index (χ1v) is 11.9. The van der Waals surface area contributed by atoms with E-state index in [0.717, 1.165) is 18.9 Å². The quantitative estimate of drug-likeness (QED) is 0.482. The highest BCUT2D eigenvalue weighted by molar-refractivity contribution is 5.78. The maximum atomic E-state index is 14.4. The van der Waals surface area contributed by atoms with Gasteiger partial charge in [-0.3, -0.25) is 9.36 Å². The number of imidazole rings is 1.